The number of aldehydes is 1. The van der Waals surface area contributed by atoms with Crippen molar-refractivity contribution >= 4 is 6.29 Å². The molecule has 3 rings (SSSR count). The predicted octanol–water partition coefficient (Wildman–Crippen LogP) is 3.46. The molecule has 0 N–H and O–H groups in total. The van der Waals surface area contributed by atoms with Crippen LogP contribution in [0, 0.1) is 0 Å². The van der Waals surface area contributed by atoms with Crippen LogP contribution in [-0.4, -0.2) is 28.1 Å². The van der Waals surface area contributed by atoms with Gasteiger partial charge in [0, 0.05) is 12.1 Å². The minimum Gasteiger partial charge on any atom is -0.454 e. The van der Waals surface area contributed by atoms with Crippen molar-refractivity contribution in [1.82, 2.24) is 15.0 Å². The Morgan fingerprint density at radius 3 is 2.83 bits per heavy atom. The number of carbonyl (C=O) groups is 1. The lowest BCUT2D eigenvalue weighted by Gasteiger charge is -2.08. The van der Waals surface area contributed by atoms with Crippen molar-refractivity contribution in [3.63, 3.8) is 0 Å². The zero-order chi connectivity index (χ0) is 16.1. The number of carbonyl (C=O) groups excluding carboxylic acids is 1. The highest BCUT2D eigenvalue weighted by atomic mass is 16.7. The molecule has 0 saturated heterocycles. The summed E-state index contributed by atoms with van der Waals surface area (Å²) in [6.45, 7) is 3.19. The Balaban J connectivity index is 1.80. The van der Waals surface area contributed by atoms with Crippen LogP contribution in [0.1, 0.15) is 49.5 Å². The number of aryl methyl sites for hydroxylation is 1. The van der Waals surface area contributed by atoms with Crippen LogP contribution < -0.4 is 9.47 Å². The molecule has 0 bridgehead atoms. The van der Waals surface area contributed by atoms with E-state index in [4.69, 9.17) is 9.47 Å². The van der Waals surface area contributed by atoms with Crippen LogP contribution >= 0.6 is 0 Å². The van der Waals surface area contributed by atoms with E-state index in [0.717, 1.165) is 42.7 Å². The second-order valence-electron chi connectivity index (χ2n) is 5.65. The summed E-state index contributed by atoms with van der Waals surface area (Å²) in [7, 11) is 0. The van der Waals surface area contributed by atoms with Gasteiger partial charge < -0.3 is 9.47 Å². The molecule has 1 aromatic carbocycles. The molecular weight excluding hydrogens is 294 g/mol. The number of hydrogen-bond acceptors (Lipinski definition) is 5. The number of fused-ring (bicyclic) bond motifs is 1. The van der Waals surface area contributed by atoms with Gasteiger partial charge in [-0.15, -0.1) is 5.10 Å². The molecule has 0 amide bonds. The summed E-state index contributed by atoms with van der Waals surface area (Å²) in [6, 6.07) is 5.64. The fraction of sp³-hybridized carbons (Fsp3) is 0.471. The van der Waals surface area contributed by atoms with Gasteiger partial charge in [0.15, 0.2) is 23.5 Å². The fourth-order valence-corrected chi connectivity index (χ4v) is 2.77. The minimum atomic E-state index is 0.230. The second kappa shape index (κ2) is 7.26. The van der Waals surface area contributed by atoms with E-state index in [1.165, 1.54) is 19.3 Å². The highest BCUT2D eigenvalue weighted by Gasteiger charge is 2.19. The molecule has 122 valence electrons. The van der Waals surface area contributed by atoms with Crippen LogP contribution in [0.15, 0.2) is 18.2 Å². The number of rotatable bonds is 8. The van der Waals surface area contributed by atoms with Gasteiger partial charge >= 0.3 is 0 Å². The first kappa shape index (κ1) is 15.5. The Kier molecular flexibility index (Phi) is 4.90. The molecule has 0 atom stereocenters. The molecule has 0 radical (unpaired) electrons. The molecule has 2 heterocycles. The van der Waals surface area contributed by atoms with Crippen molar-refractivity contribution in [2.24, 2.45) is 0 Å². The van der Waals surface area contributed by atoms with Gasteiger partial charge in [0.05, 0.1) is 5.69 Å². The standard InChI is InChI=1S/C17H21N3O3/c1-2-3-4-5-6-9-20-17(14(11-21)18-19-20)13-7-8-15-16(10-13)23-12-22-15/h7-8,10-11H,2-6,9,12H2,1H3. The largest absolute Gasteiger partial charge is 0.454 e. The molecule has 0 saturated carbocycles. The Morgan fingerprint density at radius 1 is 1.17 bits per heavy atom. The summed E-state index contributed by atoms with van der Waals surface area (Å²) in [6.07, 6.45) is 6.64. The van der Waals surface area contributed by atoms with Gasteiger partial charge in [0.2, 0.25) is 6.79 Å². The number of aromatic nitrogens is 3. The first-order chi connectivity index (χ1) is 11.3. The van der Waals surface area contributed by atoms with Crippen LogP contribution in [0.4, 0.5) is 0 Å². The quantitative estimate of drug-likeness (QED) is 0.551. The zero-order valence-electron chi connectivity index (χ0n) is 13.3. The summed E-state index contributed by atoms with van der Waals surface area (Å²) >= 11 is 0. The fourth-order valence-electron chi connectivity index (χ4n) is 2.77. The van der Waals surface area contributed by atoms with Gasteiger partial charge in [-0.2, -0.15) is 0 Å². The van der Waals surface area contributed by atoms with Crippen molar-refractivity contribution < 1.29 is 14.3 Å². The van der Waals surface area contributed by atoms with Crippen LogP contribution in [0.25, 0.3) is 11.3 Å². The molecule has 23 heavy (non-hydrogen) atoms. The van der Waals surface area contributed by atoms with Crippen molar-refractivity contribution in [2.75, 3.05) is 6.79 Å². The van der Waals surface area contributed by atoms with Gasteiger partial charge in [-0.25, -0.2) is 4.68 Å². The lowest BCUT2D eigenvalue weighted by molar-refractivity contribution is 0.111. The minimum absolute atomic E-state index is 0.230. The van der Waals surface area contributed by atoms with Gasteiger partial charge in [-0.05, 0) is 24.6 Å². The Bertz CT molecular complexity index is 682. The highest BCUT2D eigenvalue weighted by molar-refractivity contribution is 5.83. The molecular formula is C17H21N3O3. The SMILES string of the molecule is CCCCCCCn1nnc(C=O)c1-c1ccc2c(c1)OCO2. The predicted molar refractivity (Wildman–Crippen MR) is 85.7 cm³/mol. The maximum Gasteiger partial charge on any atom is 0.231 e. The third-order valence-corrected chi connectivity index (χ3v) is 3.99. The molecule has 0 fully saturated rings. The summed E-state index contributed by atoms with van der Waals surface area (Å²) in [5.74, 6) is 1.41. The van der Waals surface area contributed by atoms with Crippen molar-refractivity contribution in [3.05, 3.63) is 23.9 Å². The molecule has 1 aliphatic heterocycles. The average Bonchev–Trinajstić information content (AvgIpc) is 3.20. The zero-order valence-corrected chi connectivity index (χ0v) is 13.3. The second-order valence-corrected chi connectivity index (χ2v) is 5.65. The summed E-state index contributed by atoms with van der Waals surface area (Å²) in [4.78, 5) is 11.3. The van der Waals surface area contributed by atoms with Gasteiger partial charge in [0.1, 0.15) is 0 Å². The summed E-state index contributed by atoms with van der Waals surface area (Å²) in [5.41, 5.74) is 1.97. The third-order valence-electron chi connectivity index (χ3n) is 3.99. The first-order valence-electron chi connectivity index (χ1n) is 8.12. The topological polar surface area (TPSA) is 66.2 Å². The maximum atomic E-state index is 11.3. The molecule has 2 aromatic rings. The van der Waals surface area contributed by atoms with Crippen LogP contribution in [0.5, 0.6) is 11.5 Å². The number of hydrogen-bond donors (Lipinski definition) is 0. The molecule has 0 aliphatic carbocycles. The molecule has 1 aliphatic rings. The van der Waals surface area contributed by atoms with E-state index >= 15 is 0 Å². The van der Waals surface area contributed by atoms with Crippen molar-refractivity contribution in [1.29, 1.82) is 0 Å². The van der Waals surface area contributed by atoms with Crippen LogP contribution in [0.3, 0.4) is 0 Å². The van der Waals surface area contributed by atoms with Crippen molar-refractivity contribution in [2.45, 2.75) is 45.6 Å². The number of unbranched alkanes of at least 4 members (excludes halogenated alkanes) is 4. The summed E-state index contributed by atoms with van der Waals surface area (Å²) in [5, 5.41) is 8.13. The smallest absolute Gasteiger partial charge is 0.231 e. The van der Waals surface area contributed by atoms with Gasteiger partial charge in [-0.3, -0.25) is 4.79 Å². The molecule has 0 spiro atoms. The number of benzene rings is 1. The van der Waals surface area contributed by atoms with E-state index in [1.807, 2.05) is 22.9 Å². The molecule has 6 heteroatoms. The average molecular weight is 315 g/mol. The summed E-state index contributed by atoms with van der Waals surface area (Å²) < 4.78 is 12.6. The van der Waals surface area contributed by atoms with E-state index in [-0.39, 0.29) is 6.79 Å². The lowest BCUT2D eigenvalue weighted by atomic mass is 10.1. The monoisotopic (exact) mass is 315 g/mol. The van der Waals surface area contributed by atoms with Gasteiger partial charge in [0.25, 0.3) is 0 Å². The van der Waals surface area contributed by atoms with E-state index in [0.29, 0.717) is 11.4 Å². The number of ether oxygens (including phenoxy) is 2. The molecule has 1 aromatic heterocycles. The van der Waals surface area contributed by atoms with E-state index in [2.05, 4.69) is 17.2 Å². The van der Waals surface area contributed by atoms with Crippen LogP contribution in [0.2, 0.25) is 0 Å². The Morgan fingerprint density at radius 2 is 2.00 bits per heavy atom. The van der Waals surface area contributed by atoms with E-state index in [9.17, 15) is 4.79 Å². The molecule has 6 nitrogen and oxygen atoms in total. The van der Waals surface area contributed by atoms with Gasteiger partial charge in [-0.1, -0.05) is 37.8 Å². The lowest BCUT2D eigenvalue weighted by Crippen LogP contribution is -2.03. The Hall–Kier alpha value is -2.37. The molecule has 0 unspecified atom stereocenters. The maximum absolute atomic E-state index is 11.3. The van der Waals surface area contributed by atoms with Crippen LogP contribution in [-0.2, 0) is 6.54 Å². The van der Waals surface area contributed by atoms with Crippen molar-refractivity contribution in [3.8, 4) is 22.8 Å². The highest BCUT2D eigenvalue weighted by Crippen LogP contribution is 2.36. The van der Waals surface area contributed by atoms with E-state index < -0.39 is 0 Å². The third kappa shape index (κ3) is 3.36. The number of nitrogens with zero attached hydrogens (tertiary/aromatic N) is 3. The van der Waals surface area contributed by atoms with E-state index in [1.54, 1.807) is 0 Å². The normalized spacial score (nSPS) is 12.6. The first-order valence-corrected chi connectivity index (χ1v) is 8.12. The Labute approximate surface area is 135 Å².